The van der Waals surface area contributed by atoms with E-state index in [1.165, 1.54) is 11.1 Å². The minimum atomic E-state index is -3.70. The molecule has 0 bridgehead atoms. The third kappa shape index (κ3) is 3.44. The standard InChI is InChI=1S/C21H24N2O2S/c1-13(2)17-7-9-18(10-8-17)20-16(5)21(23-26(20,24)25)22-19-11-6-14(3)15(4)12-19/h6-13H,1-5H3,(H,22,23). The lowest BCUT2D eigenvalue weighted by Crippen LogP contribution is -2.11. The van der Waals surface area contributed by atoms with Crippen molar-refractivity contribution in [1.82, 2.24) is 0 Å². The van der Waals surface area contributed by atoms with Gasteiger partial charge in [0.25, 0.3) is 10.0 Å². The number of amidine groups is 1. The van der Waals surface area contributed by atoms with E-state index in [0.717, 1.165) is 11.3 Å². The Morgan fingerprint density at radius 2 is 1.58 bits per heavy atom. The van der Waals surface area contributed by atoms with Gasteiger partial charge in [0, 0.05) is 11.3 Å². The van der Waals surface area contributed by atoms with Crippen LogP contribution in [0.25, 0.3) is 4.91 Å². The van der Waals surface area contributed by atoms with Crippen LogP contribution >= 0.6 is 0 Å². The lowest BCUT2D eigenvalue weighted by molar-refractivity contribution is 0.608. The zero-order valence-electron chi connectivity index (χ0n) is 15.8. The molecule has 1 aliphatic rings. The molecule has 2 aromatic carbocycles. The summed E-state index contributed by atoms with van der Waals surface area (Å²) >= 11 is 0. The minimum absolute atomic E-state index is 0.277. The summed E-state index contributed by atoms with van der Waals surface area (Å²) in [5.41, 5.74) is 5.65. The second-order valence-electron chi connectivity index (χ2n) is 7.07. The average molecular weight is 369 g/mol. The Labute approximate surface area is 155 Å². The first-order valence-corrected chi connectivity index (χ1v) is 10.1. The Morgan fingerprint density at radius 1 is 0.923 bits per heavy atom. The SMILES string of the molecule is CC1=C(c2ccc(C(C)C)cc2)S(=O)(=O)N=C1Nc1ccc(C)c(C)c1. The Balaban J connectivity index is 1.97. The molecule has 0 spiro atoms. The highest BCUT2D eigenvalue weighted by Gasteiger charge is 2.31. The van der Waals surface area contributed by atoms with Gasteiger partial charge in [0.05, 0.1) is 0 Å². The molecule has 0 fully saturated rings. The molecule has 0 amide bonds. The number of aryl methyl sites for hydroxylation is 2. The normalized spacial score (nSPS) is 16.2. The van der Waals surface area contributed by atoms with Gasteiger partial charge in [-0.25, -0.2) is 0 Å². The number of hydrogen-bond donors (Lipinski definition) is 1. The second-order valence-corrected chi connectivity index (χ2v) is 8.61. The molecule has 0 aliphatic carbocycles. The molecule has 0 unspecified atom stereocenters. The first-order chi connectivity index (χ1) is 12.2. The summed E-state index contributed by atoms with van der Waals surface area (Å²) in [6.07, 6.45) is 0. The van der Waals surface area contributed by atoms with Crippen LogP contribution in [0, 0.1) is 13.8 Å². The van der Waals surface area contributed by atoms with Crippen LogP contribution in [0.5, 0.6) is 0 Å². The van der Waals surface area contributed by atoms with E-state index in [4.69, 9.17) is 0 Å². The molecule has 4 nitrogen and oxygen atoms in total. The highest BCUT2D eigenvalue weighted by atomic mass is 32.2. The van der Waals surface area contributed by atoms with Crippen LogP contribution < -0.4 is 5.32 Å². The highest BCUT2D eigenvalue weighted by molar-refractivity contribution is 8.00. The fourth-order valence-electron chi connectivity index (χ4n) is 2.99. The van der Waals surface area contributed by atoms with Crippen LogP contribution in [0.1, 0.15) is 48.9 Å². The zero-order chi connectivity index (χ0) is 19.1. The van der Waals surface area contributed by atoms with Gasteiger partial charge in [0.15, 0.2) is 0 Å². The molecule has 136 valence electrons. The smallest absolute Gasteiger partial charge is 0.285 e. The number of anilines is 1. The van der Waals surface area contributed by atoms with Crippen LogP contribution in [-0.4, -0.2) is 14.3 Å². The van der Waals surface area contributed by atoms with Gasteiger partial charge in [0.2, 0.25) is 0 Å². The molecule has 5 heteroatoms. The van der Waals surface area contributed by atoms with E-state index in [1.54, 1.807) is 6.92 Å². The largest absolute Gasteiger partial charge is 0.339 e. The molecule has 1 N–H and O–H groups in total. The van der Waals surface area contributed by atoms with E-state index in [2.05, 4.69) is 23.6 Å². The third-order valence-electron chi connectivity index (χ3n) is 4.77. The Kier molecular flexibility index (Phi) is 4.76. The van der Waals surface area contributed by atoms with Gasteiger partial charge >= 0.3 is 0 Å². The highest BCUT2D eigenvalue weighted by Crippen LogP contribution is 2.33. The summed E-state index contributed by atoms with van der Waals surface area (Å²) in [4.78, 5) is 0.277. The number of sulfonamides is 1. The van der Waals surface area contributed by atoms with E-state index in [9.17, 15) is 8.42 Å². The summed E-state index contributed by atoms with van der Waals surface area (Å²) in [5.74, 6) is 0.786. The predicted octanol–water partition coefficient (Wildman–Crippen LogP) is 5.01. The first kappa shape index (κ1) is 18.4. The van der Waals surface area contributed by atoms with Crippen molar-refractivity contribution in [3.63, 3.8) is 0 Å². The van der Waals surface area contributed by atoms with Crippen LogP contribution in [0.15, 0.2) is 52.4 Å². The third-order valence-corrected chi connectivity index (χ3v) is 6.26. The molecule has 1 aliphatic heterocycles. The van der Waals surface area contributed by atoms with Gasteiger partial charge in [0.1, 0.15) is 10.7 Å². The molecule has 0 saturated carbocycles. The summed E-state index contributed by atoms with van der Waals surface area (Å²) < 4.78 is 29.2. The van der Waals surface area contributed by atoms with Crippen LogP contribution in [0.2, 0.25) is 0 Å². The van der Waals surface area contributed by atoms with Gasteiger partial charge in [-0.3, -0.25) is 0 Å². The van der Waals surface area contributed by atoms with Crippen LogP contribution in [0.4, 0.5) is 5.69 Å². The molecule has 26 heavy (non-hydrogen) atoms. The molecular weight excluding hydrogens is 344 g/mol. The first-order valence-electron chi connectivity index (χ1n) is 8.70. The monoisotopic (exact) mass is 368 g/mol. The summed E-state index contributed by atoms with van der Waals surface area (Å²) in [6.45, 7) is 10.1. The Hall–Kier alpha value is -2.40. The summed E-state index contributed by atoms with van der Waals surface area (Å²) in [7, 11) is -3.70. The maximum Gasteiger partial charge on any atom is 0.285 e. The number of nitrogens with one attached hydrogen (secondary N) is 1. The molecule has 3 rings (SSSR count). The molecular formula is C21H24N2O2S. The van der Waals surface area contributed by atoms with E-state index >= 15 is 0 Å². The van der Waals surface area contributed by atoms with E-state index < -0.39 is 10.0 Å². The molecule has 2 aromatic rings. The average Bonchev–Trinajstić information content (AvgIpc) is 2.80. The number of hydrogen-bond acceptors (Lipinski definition) is 3. The van der Waals surface area contributed by atoms with E-state index in [-0.39, 0.29) is 4.91 Å². The fourth-order valence-corrected chi connectivity index (χ4v) is 4.42. The minimum Gasteiger partial charge on any atom is -0.339 e. The van der Waals surface area contributed by atoms with Crippen molar-refractivity contribution < 1.29 is 8.42 Å². The van der Waals surface area contributed by atoms with Gasteiger partial charge in [-0.15, -0.1) is 4.40 Å². The summed E-state index contributed by atoms with van der Waals surface area (Å²) in [6, 6.07) is 13.6. The molecule has 0 radical (unpaired) electrons. The van der Waals surface area contributed by atoms with E-state index in [0.29, 0.717) is 22.9 Å². The zero-order valence-corrected chi connectivity index (χ0v) is 16.6. The van der Waals surface area contributed by atoms with Crippen molar-refractivity contribution in [1.29, 1.82) is 0 Å². The molecule has 0 atom stereocenters. The lowest BCUT2D eigenvalue weighted by Gasteiger charge is -2.10. The van der Waals surface area contributed by atoms with Gasteiger partial charge in [-0.2, -0.15) is 8.42 Å². The Morgan fingerprint density at radius 3 is 2.15 bits per heavy atom. The number of benzene rings is 2. The molecule has 0 aromatic heterocycles. The molecule has 1 heterocycles. The van der Waals surface area contributed by atoms with Crippen molar-refractivity contribution in [3.8, 4) is 0 Å². The van der Waals surface area contributed by atoms with Crippen molar-refractivity contribution >= 4 is 26.5 Å². The van der Waals surface area contributed by atoms with Gasteiger partial charge in [-0.1, -0.05) is 44.2 Å². The maximum absolute atomic E-state index is 12.6. The van der Waals surface area contributed by atoms with E-state index in [1.807, 2.05) is 56.3 Å². The summed E-state index contributed by atoms with van der Waals surface area (Å²) in [5, 5.41) is 3.16. The van der Waals surface area contributed by atoms with Crippen molar-refractivity contribution in [2.24, 2.45) is 4.40 Å². The maximum atomic E-state index is 12.6. The Bertz CT molecular complexity index is 1010. The van der Waals surface area contributed by atoms with Crippen molar-refractivity contribution in [2.75, 3.05) is 5.32 Å². The van der Waals surface area contributed by atoms with Crippen molar-refractivity contribution in [2.45, 2.75) is 40.5 Å². The fraction of sp³-hybridized carbons (Fsp3) is 0.286. The lowest BCUT2D eigenvalue weighted by atomic mass is 10.0. The second kappa shape index (κ2) is 6.72. The predicted molar refractivity (Wildman–Crippen MR) is 109 cm³/mol. The van der Waals surface area contributed by atoms with Crippen LogP contribution in [0.3, 0.4) is 0 Å². The van der Waals surface area contributed by atoms with Gasteiger partial charge in [-0.05, 0) is 61.1 Å². The number of nitrogens with zero attached hydrogens (tertiary/aromatic N) is 1. The molecule has 0 saturated heterocycles. The topological polar surface area (TPSA) is 58.5 Å². The quantitative estimate of drug-likeness (QED) is 0.828. The van der Waals surface area contributed by atoms with Crippen LogP contribution in [-0.2, 0) is 10.0 Å². The van der Waals surface area contributed by atoms with Gasteiger partial charge < -0.3 is 5.32 Å². The number of rotatable bonds is 3. The van der Waals surface area contributed by atoms with Crippen molar-refractivity contribution in [3.05, 3.63) is 70.3 Å².